The number of carbonyl (C=O) groups is 1. The third-order valence-corrected chi connectivity index (χ3v) is 1.03. The summed E-state index contributed by atoms with van der Waals surface area (Å²) >= 11 is 0. The molecule has 12 heavy (non-hydrogen) atoms. The molecule has 1 aliphatic rings. The molecule has 0 aromatic carbocycles. The van der Waals surface area contributed by atoms with Gasteiger partial charge in [0.25, 0.3) is 0 Å². The van der Waals surface area contributed by atoms with Crippen LogP contribution in [0.2, 0.25) is 0 Å². The minimum absolute atomic E-state index is 0.478. The van der Waals surface area contributed by atoms with E-state index in [9.17, 15) is 18.0 Å². The van der Waals surface area contributed by atoms with Gasteiger partial charge >= 0.3 is 12.1 Å². The first-order chi connectivity index (χ1) is 5.50. The highest BCUT2D eigenvalue weighted by Gasteiger charge is 2.43. The van der Waals surface area contributed by atoms with E-state index in [0.29, 0.717) is 12.8 Å². The normalized spacial score (nSPS) is 16.1. The Bertz CT molecular complexity index is 155. The zero-order chi connectivity index (χ0) is 9.78. The molecule has 1 fully saturated rings. The molecular weight excluding hydrogens is 177 g/mol. The fourth-order valence-corrected chi connectivity index (χ4v) is 0.404. The van der Waals surface area contributed by atoms with Gasteiger partial charge in [0.15, 0.2) is 0 Å². The molecule has 0 aliphatic heterocycles. The third-order valence-electron chi connectivity index (χ3n) is 1.03. The minimum atomic E-state index is -4.83. The van der Waals surface area contributed by atoms with Crippen LogP contribution in [-0.4, -0.2) is 18.2 Å². The van der Waals surface area contributed by atoms with E-state index in [0.717, 1.165) is 0 Å². The number of hydrazine groups is 1. The lowest BCUT2D eigenvalue weighted by Gasteiger charge is -2.04. The predicted octanol–water partition coefficient (Wildman–Crippen LogP) is 0.0731. The lowest BCUT2D eigenvalue weighted by molar-refractivity contribution is -0.200. The fourth-order valence-electron chi connectivity index (χ4n) is 0.404. The highest BCUT2D eigenvalue weighted by atomic mass is 19.4. The summed E-state index contributed by atoms with van der Waals surface area (Å²) in [6.07, 6.45) is -4.19. The average Bonchev–Trinajstić information content (AvgIpc) is 2.74. The Morgan fingerprint density at radius 3 is 2.00 bits per heavy atom. The summed E-state index contributed by atoms with van der Waals surface area (Å²) in [5.41, 5.74) is 0. The molecule has 0 aromatic heterocycles. The van der Waals surface area contributed by atoms with Crippen LogP contribution < -0.4 is 11.7 Å². The molecule has 0 aromatic rings. The predicted molar refractivity (Wildman–Crippen MR) is 33.5 cm³/mol. The number of alkyl halides is 3. The van der Waals surface area contributed by atoms with Crippen molar-refractivity contribution < 1.29 is 22.7 Å². The Hall–Kier alpha value is -0.820. The lowest BCUT2D eigenvalue weighted by Crippen LogP contribution is -2.25. The van der Waals surface area contributed by atoms with Crippen molar-refractivity contribution in [3.8, 4) is 0 Å². The smallest absolute Gasteiger partial charge is 0.456 e. The maximum Gasteiger partial charge on any atom is 0.490 e. The summed E-state index contributed by atoms with van der Waals surface area (Å²) in [5.74, 6) is 5.93. The number of nitrogens with two attached hydrogens (primary N) is 2. The lowest BCUT2D eigenvalue weighted by atomic mass is 10.6. The van der Waals surface area contributed by atoms with Crippen LogP contribution in [0.4, 0.5) is 13.2 Å². The van der Waals surface area contributed by atoms with Gasteiger partial charge in [-0.25, -0.2) is 4.79 Å². The summed E-state index contributed by atoms with van der Waals surface area (Å²) < 4.78 is 38.1. The van der Waals surface area contributed by atoms with Crippen LogP contribution >= 0.6 is 0 Å². The van der Waals surface area contributed by atoms with E-state index in [1.165, 1.54) is 0 Å². The van der Waals surface area contributed by atoms with Crippen molar-refractivity contribution in [3.63, 3.8) is 0 Å². The average molecular weight is 186 g/mol. The molecule has 4 N–H and O–H groups in total. The van der Waals surface area contributed by atoms with Crippen LogP contribution in [0.1, 0.15) is 12.8 Å². The maximum atomic E-state index is 11.4. The van der Waals surface area contributed by atoms with Crippen molar-refractivity contribution in [2.75, 3.05) is 0 Å². The van der Waals surface area contributed by atoms with Gasteiger partial charge in [-0.1, -0.05) is 0 Å². The van der Waals surface area contributed by atoms with E-state index in [2.05, 4.69) is 16.4 Å². The summed E-state index contributed by atoms with van der Waals surface area (Å²) in [5, 5.41) is 0. The zero-order valence-electron chi connectivity index (χ0n) is 6.10. The van der Waals surface area contributed by atoms with E-state index in [4.69, 9.17) is 0 Å². The summed E-state index contributed by atoms with van der Waals surface area (Å²) in [7, 11) is 0. The van der Waals surface area contributed by atoms with Crippen molar-refractivity contribution >= 4 is 5.97 Å². The molecule has 72 valence electrons. The first kappa shape index (κ1) is 11.2. The Morgan fingerprint density at radius 2 is 1.75 bits per heavy atom. The van der Waals surface area contributed by atoms with Gasteiger partial charge in [0.2, 0.25) is 0 Å². The number of esters is 1. The van der Waals surface area contributed by atoms with Gasteiger partial charge in [0, 0.05) is 0 Å². The van der Waals surface area contributed by atoms with Crippen molar-refractivity contribution in [1.82, 2.24) is 0 Å². The second kappa shape index (κ2) is 4.27. The molecule has 0 bridgehead atoms. The first-order valence-corrected chi connectivity index (χ1v) is 3.11. The first-order valence-electron chi connectivity index (χ1n) is 3.11. The van der Waals surface area contributed by atoms with E-state index in [1.807, 2.05) is 0 Å². The number of ether oxygens (including phenoxy) is 1. The minimum Gasteiger partial charge on any atom is -0.456 e. The zero-order valence-corrected chi connectivity index (χ0v) is 6.10. The number of halogens is 3. The molecule has 1 saturated carbocycles. The largest absolute Gasteiger partial charge is 0.490 e. The summed E-state index contributed by atoms with van der Waals surface area (Å²) in [6, 6.07) is 0. The SMILES string of the molecule is NN.O=C(OC1CC1)C(F)(F)F. The number of hydrogen-bond donors (Lipinski definition) is 2. The van der Waals surface area contributed by atoms with Gasteiger partial charge in [-0.15, -0.1) is 0 Å². The number of rotatable bonds is 1. The van der Waals surface area contributed by atoms with Crippen LogP contribution in [0.25, 0.3) is 0 Å². The van der Waals surface area contributed by atoms with Crippen molar-refractivity contribution in [3.05, 3.63) is 0 Å². The molecule has 0 spiro atoms. The fraction of sp³-hybridized carbons (Fsp3) is 0.800. The van der Waals surface area contributed by atoms with E-state index in [1.54, 1.807) is 0 Å². The molecule has 1 aliphatic carbocycles. The van der Waals surface area contributed by atoms with Crippen LogP contribution in [0.15, 0.2) is 0 Å². The van der Waals surface area contributed by atoms with E-state index >= 15 is 0 Å². The second-order valence-electron chi connectivity index (χ2n) is 2.10. The van der Waals surface area contributed by atoms with Crippen molar-refractivity contribution in [2.45, 2.75) is 25.1 Å². The molecule has 4 nitrogen and oxygen atoms in total. The Kier molecular flexibility index (Phi) is 3.98. The van der Waals surface area contributed by atoms with Crippen LogP contribution in [0, 0.1) is 0 Å². The molecule has 0 unspecified atom stereocenters. The number of carbonyl (C=O) groups excluding carboxylic acids is 1. The molecule has 0 amide bonds. The van der Waals surface area contributed by atoms with Crippen LogP contribution in [0.3, 0.4) is 0 Å². The third kappa shape index (κ3) is 4.14. The Balaban J connectivity index is 0.000000561. The topological polar surface area (TPSA) is 78.3 Å². The van der Waals surface area contributed by atoms with Gasteiger partial charge in [-0.3, -0.25) is 11.7 Å². The van der Waals surface area contributed by atoms with Crippen LogP contribution in [0.5, 0.6) is 0 Å². The summed E-state index contributed by atoms with van der Waals surface area (Å²) in [4.78, 5) is 9.97. The Labute approximate surface area is 66.6 Å². The van der Waals surface area contributed by atoms with Crippen LogP contribution in [-0.2, 0) is 9.53 Å². The molecule has 0 atom stereocenters. The summed E-state index contributed by atoms with van der Waals surface area (Å²) in [6.45, 7) is 0. The molecule has 1 rings (SSSR count). The standard InChI is InChI=1S/C5H5F3O2.H4N2/c6-5(7,8)4(9)10-3-1-2-3;1-2/h3H,1-2H2;1-2H2. The highest BCUT2D eigenvalue weighted by molar-refractivity contribution is 5.75. The second-order valence-corrected chi connectivity index (χ2v) is 2.10. The van der Waals surface area contributed by atoms with Gasteiger partial charge < -0.3 is 4.74 Å². The van der Waals surface area contributed by atoms with Crippen molar-refractivity contribution in [1.29, 1.82) is 0 Å². The van der Waals surface area contributed by atoms with Gasteiger partial charge in [-0.05, 0) is 12.8 Å². The monoisotopic (exact) mass is 186 g/mol. The van der Waals surface area contributed by atoms with Crippen molar-refractivity contribution in [2.24, 2.45) is 11.7 Å². The molecule has 0 saturated heterocycles. The number of hydrogen-bond acceptors (Lipinski definition) is 4. The molecular formula is C5H9F3N2O2. The van der Waals surface area contributed by atoms with Gasteiger partial charge in [0.1, 0.15) is 6.10 Å². The molecule has 0 radical (unpaired) electrons. The quantitative estimate of drug-likeness (QED) is 0.345. The molecule has 7 heteroatoms. The molecule has 0 heterocycles. The van der Waals surface area contributed by atoms with Gasteiger partial charge in [-0.2, -0.15) is 13.2 Å². The highest BCUT2D eigenvalue weighted by Crippen LogP contribution is 2.27. The van der Waals surface area contributed by atoms with Gasteiger partial charge in [0.05, 0.1) is 0 Å². The maximum absolute atomic E-state index is 11.4. The van der Waals surface area contributed by atoms with E-state index in [-0.39, 0.29) is 0 Å². The Morgan fingerprint density at radius 1 is 1.33 bits per heavy atom. The van der Waals surface area contributed by atoms with E-state index < -0.39 is 18.2 Å².